The Morgan fingerprint density at radius 2 is 1.63 bits per heavy atom. The monoisotopic (exact) mass is 697 g/mol. The minimum absolute atomic E-state index is 0.0287. The van der Waals surface area contributed by atoms with Crippen LogP contribution < -0.4 is 19.8 Å². The van der Waals surface area contributed by atoms with Crippen LogP contribution in [0.5, 0.6) is 11.5 Å². The van der Waals surface area contributed by atoms with Gasteiger partial charge in [-0.15, -0.1) is 11.8 Å². The number of H-pyrrole nitrogens is 1. The maximum atomic E-state index is 14.1. The molecular formula is C36H31N3O8S2. The number of hydrogen-bond donors (Lipinski definition) is 3. The summed E-state index contributed by atoms with van der Waals surface area (Å²) in [7, 11) is 0. The molecule has 8 rings (SSSR count). The van der Waals surface area contributed by atoms with Gasteiger partial charge in [0.25, 0.3) is 5.91 Å². The third-order valence-electron chi connectivity index (χ3n) is 10.1. The zero-order valence-corrected chi connectivity index (χ0v) is 27.8. The Morgan fingerprint density at radius 3 is 2.33 bits per heavy atom. The predicted molar refractivity (Wildman–Crippen MR) is 182 cm³/mol. The van der Waals surface area contributed by atoms with E-state index in [-0.39, 0.29) is 70.5 Å². The molecule has 7 atom stereocenters. The number of aromatic amines is 1. The number of nitrogens with zero attached hydrogens (tertiary/aromatic N) is 1. The number of thiazole rings is 1. The number of phenols is 1. The number of nitrogens with one attached hydrogen (secondary N) is 2. The number of fused-ring (bicyclic) bond motifs is 9. The molecule has 49 heavy (non-hydrogen) atoms. The van der Waals surface area contributed by atoms with Crippen LogP contribution in [0.15, 0.2) is 82.6 Å². The Balaban J connectivity index is 1.03. The van der Waals surface area contributed by atoms with Crippen molar-refractivity contribution in [1.29, 1.82) is 0 Å². The second-order valence-electron chi connectivity index (χ2n) is 12.7. The van der Waals surface area contributed by atoms with Gasteiger partial charge >= 0.3 is 10.8 Å². The predicted octanol–water partition coefficient (Wildman–Crippen LogP) is 5.01. The van der Waals surface area contributed by atoms with Crippen LogP contribution in [0.1, 0.15) is 40.1 Å². The van der Waals surface area contributed by atoms with Crippen LogP contribution in [-0.4, -0.2) is 52.2 Å². The Kier molecular flexibility index (Phi) is 7.83. The van der Waals surface area contributed by atoms with Gasteiger partial charge in [0.2, 0.25) is 11.8 Å². The van der Waals surface area contributed by atoms with Crippen LogP contribution >= 0.6 is 23.1 Å². The zero-order chi connectivity index (χ0) is 34.0. The van der Waals surface area contributed by atoms with Gasteiger partial charge in [-0.25, -0.2) is 4.79 Å². The minimum atomic E-state index is -0.462. The van der Waals surface area contributed by atoms with Gasteiger partial charge in [0.05, 0.1) is 34.7 Å². The highest BCUT2D eigenvalue weighted by molar-refractivity contribution is 8.00. The van der Waals surface area contributed by atoms with E-state index in [2.05, 4.69) is 10.3 Å². The first kappa shape index (κ1) is 31.4. The molecule has 4 aliphatic rings. The molecule has 250 valence electrons. The number of carbonyl (C=O) groups is 4. The molecule has 3 aromatic carbocycles. The molecule has 2 bridgehead atoms. The topological polar surface area (TPSA) is 155 Å². The van der Waals surface area contributed by atoms with E-state index < -0.39 is 17.8 Å². The number of ether oxygens (including phenoxy) is 2. The molecule has 3 heterocycles. The zero-order valence-electron chi connectivity index (χ0n) is 26.2. The van der Waals surface area contributed by atoms with Crippen molar-refractivity contribution in [1.82, 2.24) is 4.98 Å². The lowest BCUT2D eigenvalue weighted by Crippen LogP contribution is -2.42. The number of thioether (sulfide) groups is 1. The van der Waals surface area contributed by atoms with E-state index in [1.54, 1.807) is 67.2 Å². The summed E-state index contributed by atoms with van der Waals surface area (Å²) in [6, 6.07) is 20.0. The highest BCUT2D eigenvalue weighted by atomic mass is 32.2. The molecule has 1 aromatic heterocycles. The molecule has 3 fully saturated rings. The molecular weight excluding hydrogens is 667 g/mol. The average molecular weight is 698 g/mol. The standard InChI is InChI=1S/C36H31N3O8S2/c1-2-46-35(44)18-3-9-20(10-4-18)39-33(42)28-23-15-24(29(28)34(39)43)30-27(23)26(31-32(48-30)38-36(45)49-31)17-5-13-22(14-6-17)47-16-25(41)37-19-7-11-21(40)12-8-19/h3-14,23-24,26-30,40H,2,15-16H2,1H3,(H,37,41)(H,38,45)/t23-,24-,26-,27?,28?,29?,30?/m1/s1. The molecule has 2 aliphatic carbocycles. The van der Waals surface area contributed by atoms with Gasteiger partial charge in [0.1, 0.15) is 11.5 Å². The van der Waals surface area contributed by atoms with Gasteiger partial charge in [-0.3, -0.25) is 24.1 Å². The van der Waals surface area contributed by atoms with Crippen molar-refractivity contribution < 1.29 is 33.8 Å². The average Bonchev–Trinajstić information content (AvgIpc) is 3.84. The van der Waals surface area contributed by atoms with E-state index in [0.717, 1.165) is 21.9 Å². The van der Waals surface area contributed by atoms with Crippen molar-refractivity contribution in [2.45, 2.75) is 29.5 Å². The van der Waals surface area contributed by atoms with Crippen molar-refractivity contribution >= 4 is 58.2 Å². The lowest BCUT2D eigenvalue weighted by Gasteiger charge is -2.43. The van der Waals surface area contributed by atoms with Crippen LogP contribution in [0.25, 0.3) is 0 Å². The van der Waals surface area contributed by atoms with Crippen LogP contribution in [0.2, 0.25) is 0 Å². The van der Waals surface area contributed by atoms with Crippen LogP contribution in [-0.2, 0) is 19.1 Å². The van der Waals surface area contributed by atoms with E-state index in [9.17, 15) is 29.1 Å². The Morgan fingerprint density at radius 1 is 0.939 bits per heavy atom. The van der Waals surface area contributed by atoms with Crippen molar-refractivity contribution in [3.63, 3.8) is 0 Å². The molecule has 13 heteroatoms. The number of rotatable bonds is 8. The molecule has 3 amide bonds. The summed E-state index contributed by atoms with van der Waals surface area (Å²) in [5.74, 6) is -1.73. The summed E-state index contributed by atoms with van der Waals surface area (Å²) in [6.07, 6.45) is 0.762. The van der Waals surface area contributed by atoms with Crippen LogP contribution in [0.3, 0.4) is 0 Å². The molecule has 2 aliphatic heterocycles. The number of esters is 1. The van der Waals surface area contributed by atoms with Crippen molar-refractivity contribution in [2.75, 3.05) is 23.4 Å². The molecule has 4 aromatic rings. The first-order chi connectivity index (χ1) is 23.7. The number of hydrogen-bond acceptors (Lipinski definition) is 10. The first-order valence-corrected chi connectivity index (χ1v) is 17.8. The Labute approximate surface area is 288 Å². The maximum absolute atomic E-state index is 14.1. The lowest BCUT2D eigenvalue weighted by atomic mass is 9.68. The molecule has 3 N–H and O–H groups in total. The highest BCUT2D eigenvalue weighted by Crippen LogP contribution is 2.68. The van der Waals surface area contributed by atoms with Gasteiger partial charge in [-0.05, 0) is 97.3 Å². The fourth-order valence-electron chi connectivity index (χ4n) is 8.27. The van der Waals surface area contributed by atoms with Gasteiger partial charge in [-0.2, -0.15) is 0 Å². The normalized spacial score (nSPS) is 26.2. The van der Waals surface area contributed by atoms with Crippen molar-refractivity contribution in [3.8, 4) is 11.5 Å². The van der Waals surface area contributed by atoms with E-state index in [1.807, 2.05) is 12.1 Å². The third kappa shape index (κ3) is 5.32. The molecule has 0 spiro atoms. The molecule has 4 unspecified atom stereocenters. The molecule has 2 saturated carbocycles. The maximum Gasteiger partial charge on any atom is 0.338 e. The number of amides is 3. The number of anilines is 2. The quantitative estimate of drug-likeness (QED) is 0.131. The SMILES string of the molecule is CCOC(=O)c1ccc(N2C(=O)C3C(C2=O)[C@@H]2C[C@H]3C3Sc4[nH]c(=O)sc4[C@H](c4ccc(OCC(=O)Nc5ccc(O)cc5)cc4)C32)cc1. The largest absolute Gasteiger partial charge is 0.508 e. The summed E-state index contributed by atoms with van der Waals surface area (Å²) in [5, 5.41) is 13.0. The van der Waals surface area contributed by atoms with E-state index in [4.69, 9.17) is 9.47 Å². The van der Waals surface area contributed by atoms with E-state index in [0.29, 0.717) is 22.7 Å². The number of carbonyl (C=O) groups excluding carboxylic acids is 4. The molecule has 0 radical (unpaired) electrons. The van der Waals surface area contributed by atoms with Crippen molar-refractivity contribution in [2.24, 2.45) is 29.6 Å². The van der Waals surface area contributed by atoms with Crippen molar-refractivity contribution in [3.05, 3.63) is 98.5 Å². The Bertz CT molecular complexity index is 2020. The minimum Gasteiger partial charge on any atom is -0.508 e. The van der Waals surface area contributed by atoms with Crippen LogP contribution in [0.4, 0.5) is 11.4 Å². The summed E-state index contributed by atoms with van der Waals surface area (Å²) in [6.45, 7) is 1.77. The third-order valence-corrected chi connectivity index (χ3v) is 12.7. The summed E-state index contributed by atoms with van der Waals surface area (Å²) in [5.41, 5.74) is 2.31. The fraction of sp³-hybridized carbons (Fsp3) is 0.306. The summed E-state index contributed by atoms with van der Waals surface area (Å²) < 4.78 is 10.8. The number of aromatic nitrogens is 1. The second kappa shape index (κ2) is 12.2. The van der Waals surface area contributed by atoms with Gasteiger partial charge in [-0.1, -0.05) is 23.5 Å². The molecule has 1 saturated heterocycles. The van der Waals surface area contributed by atoms with Crippen LogP contribution in [0, 0.1) is 29.6 Å². The van der Waals surface area contributed by atoms with Gasteiger partial charge in [0, 0.05) is 21.7 Å². The van der Waals surface area contributed by atoms with E-state index in [1.165, 1.54) is 28.4 Å². The second-order valence-corrected chi connectivity index (χ2v) is 14.9. The summed E-state index contributed by atoms with van der Waals surface area (Å²) in [4.78, 5) is 70.3. The highest BCUT2D eigenvalue weighted by Gasteiger charge is 2.69. The Hall–Kier alpha value is -4.88. The lowest BCUT2D eigenvalue weighted by molar-refractivity contribution is -0.123. The first-order valence-electron chi connectivity index (χ1n) is 16.1. The number of aromatic hydroxyl groups is 1. The number of benzene rings is 3. The fourth-order valence-corrected chi connectivity index (χ4v) is 11.2. The summed E-state index contributed by atoms with van der Waals surface area (Å²) >= 11 is 2.81. The van der Waals surface area contributed by atoms with Gasteiger partial charge in [0.15, 0.2) is 6.61 Å². The number of phenolic OH excluding ortho intramolecular Hbond substituents is 1. The van der Waals surface area contributed by atoms with E-state index >= 15 is 0 Å². The van der Waals surface area contributed by atoms with Gasteiger partial charge < -0.3 is 24.9 Å². The molecule has 11 nitrogen and oxygen atoms in total. The number of imide groups is 1. The smallest absolute Gasteiger partial charge is 0.338 e.